The number of hydrogen-bond donors (Lipinski definition) is 2. The van der Waals surface area contributed by atoms with Crippen LogP contribution in [0.4, 0.5) is 4.39 Å². The number of carboxylic acid groups (broad SMARTS) is 1. The number of benzene rings is 1. The van der Waals surface area contributed by atoms with E-state index in [9.17, 15) is 19.1 Å². The number of carbonyl (C=O) groups is 2. The highest BCUT2D eigenvalue weighted by molar-refractivity contribution is 5.84. The van der Waals surface area contributed by atoms with Crippen LogP contribution in [-0.4, -0.2) is 34.2 Å². The van der Waals surface area contributed by atoms with Crippen molar-refractivity contribution in [3.63, 3.8) is 0 Å². The summed E-state index contributed by atoms with van der Waals surface area (Å²) in [5, 5.41) is 15.7. The SMILES string of the molecule is COc1ccc(C(NC(=O)CCCc2nc(C(C)(C)C)no2)C(=O)O)cc1F. The van der Waals surface area contributed by atoms with Crippen LogP contribution in [0.3, 0.4) is 0 Å². The lowest BCUT2D eigenvalue weighted by molar-refractivity contribution is -0.142. The van der Waals surface area contributed by atoms with Crippen LogP contribution in [0, 0.1) is 5.82 Å². The zero-order chi connectivity index (χ0) is 20.9. The van der Waals surface area contributed by atoms with Crippen molar-refractivity contribution in [3.05, 3.63) is 41.3 Å². The zero-order valence-electron chi connectivity index (χ0n) is 16.3. The minimum absolute atomic E-state index is 0.00611. The fourth-order valence-electron chi connectivity index (χ4n) is 2.44. The molecule has 0 aliphatic carbocycles. The van der Waals surface area contributed by atoms with E-state index in [1.54, 1.807) is 0 Å². The first-order valence-corrected chi connectivity index (χ1v) is 8.80. The Hall–Kier alpha value is -2.97. The molecule has 0 aliphatic heterocycles. The van der Waals surface area contributed by atoms with Crippen LogP contribution in [0.5, 0.6) is 5.75 Å². The second-order valence-corrected chi connectivity index (χ2v) is 7.35. The van der Waals surface area contributed by atoms with Crippen LogP contribution < -0.4 is 10.1 Å². The van der Waals surface area contributed by atoms with Crippen LogP contribution in [0.15, 0.2) is 22.7 Å². The third-order valence-corrected chi connectivity index (χ3v) is 3.99. The summed E-state index contributed by atoms with van der Waals surface area (Å²) in [6, 6.07) is 2.39. The molecule has 0 fully saturated rings. The van der Waals surface area contributed by atoms with Gasteiger partial charge in [0.05, 0.1) is 7.11 Å². The molecule has 1 unspecified atom stereocenters. The summed E-state index contributed by atoms with van der Waals surface area (Å²) in [4.78, 5) is 27.9. The molecule has 1 heterocycles. The van der Waals surface area contributed by atoms with Crippen molar-refractivity contribution in [1.82, 2.24) is 15.5 Å². The van der Waals surface area contributed by atoms with E-state index < -0.39 is 23.7 Å². The summed E-state index contributed by atoms with van der Waals surface area (Å²) in [6.45, 7) is 5.88. The van der Waals surface area contributed by atoms with Gasteiger partial charge in [0, 0.05) is 18.3 Å². The van der Waals surface area contributed by atoms with E-state index in [0.29, 0.717) is 24.6 Å². The highest BCUT2D eigenvalue weighted by Gasteiger charge is 2.24. The molecule has 1 aromatic carbocycles. The fraction of sp³-hybridized carbons (Fsp3) is 0.474. The van der Waals surface area contributed by atoms with Crippen LogP contribution in [0.25, 0.3) is 0 Å². The third kappa shape index (κ3) is 5.51. The smallest absolute Gasteiger partial charge is 0.330 e. The quantitative estimate of drug-likeness (QED) is 0.709. The molecule has 1 atom stereocenters. The fourth-order valence-corrected chi connectivity index (χ4v) is 2.44. The van der Waals surface area contributed by atoms with Crippen LogP contribution in [0.1, 0.15) is 56.9 Å². The molecule has 152 valence electrons. The molecule has 0 spiro atoms. The minimum atomic E-state index is -1.36. The summed E-state index contributed by atoms with van der Waals surface area (Å²) < 4.78 is 23.8. The van der Waals surface area contributed by atoms with Crippen LogP contribution in [-0.2, 0) is 21.4 Å². The number of nitrogens with one attached hydrogen (secondary N) is 1. The van der Waals surface area contributed by atoms with Gasteiger partial charge in [-0.2, -0.15) is 4.98 Å². The molecule has 0 saturated heterocycles. The Kier molecular flexibility index (Phi) is 6.71. The molecular formula is C19H24FN3O5. The molecule has 2 aromatic rings. The van der Waals surface area contributed by atoms with Gasteiger partial charge < -0.3 is 19.7 Å². The number of methoxy groups -OCH3 is 1. The lowest BCUT2D eigenvalue weighted by Crippen LogP contribution is -2.33. The number of carbonyl (C=O) groups excluding carboxylic acids is 1. The Morgan fingerprint density at radius 1 is 1.36 bits per heavy atom. The Morgan fingerprint density at radius 2 is 2.07 bits per heavy atom. The predicted molar refractivity (Wildman–Crippen MR) is 97.4 cm³/mol. The predicted octanol–water partition coefficient (Wildman–Crippen LogP) is 2.78. The summed E-state index contributed by atoms with van der Waals surface area (Å²) >= 11 is 0. The van der Waals surface area contributed by atoms with Crippen molar-refractivity contribution in [2.24, 2.45) is 0 Å². The summed E-state index contributed by atoms with van der Waals surface area (Å²) in [5.41, 5.74) is -0.118. The standard InChI is InChI=1S/C19H24FN3O5/c1-19(2,3)18-22-15(28-23-18)7-5-6-14(24)21-16(17(25)26)11-8-9-13(27-4)12(20)10-11/h8-10,16H,5-7H2,1-4H3,(H,21,24)(H,25,26). The number of nitrogens with zero attached hydrogens (tertiary/aromatic N) is 2. The molecule has 28 heavy (non-hydrogen) atoms. The molecule has 2 rings (SSSR count). The lowest BCUT2D eigenvalue weighted by atomic mass is 9.96. The molecule has 2 N–H and O–H groups in total. The zero-order valence-corrected chi connectivity index (χ0v) is 16.3. The Labute approximate surface area is 162 Å². The van der Waals surface area contributed by atoms with Gasteiger partial charge in [0.2, 0.25) is 11.8 Å². The number of aliphatic carboxylic acids is 1. The van der Waals surface area contributed by atoms with Crippen molar-refractivity contribution in [2.75, 3.05) is 7.11 Å². The number of aryl methyl sites for hydroxylation is 1. The van der Waals surface area contributed by atoms with Crippen molar-refractivity contribution in [2.45, 2.75) is 51.5 Å². The molecule has 0 bridgehead atoms. The van der Waals surface area contributed by atoms with E-state index in [0.717, 1.165) is 6.07 Å². The molecule has 0 saturated carbocycles. The molecule has 9 heteroatoms. The number of rotatable bonds is 8. The molecule has 0 radical (unpaired) electrons. The van der Waals surface area contributed by atoms with Gasteiger partial charge in [0.25, 0.3) is 0 Å². The lowest BCUT2D eigenvalue weighted by Gasteiger charge is -2.15. The van der Waals surface area contributed by atoms with Gasteiger partial charge in [-0.15, -0.1) is 0 Å². The summed E-state index contributed by atoms with van der Waals surface area (Å²) in [7, 11) is 1.31. The van der Waals surface area contributed by atoms with E-state index in [1.165, 1.54) is 19.2 Å². The second-order valence-electron chi connectivity index (χ2n) is 7.35. The highest BCUT2D eigenvalue weighted by Crippen LogP contribution is 2.22. The Balaban J connectivity index is 1.93. The molecular weight excluding hydrogens is 369 g/mol. The normalized spacial score (nSPS) is 12.5. The van der Waals surface area contributed by atoms with Gasteiger partial charge in [-0.1, -0.05) is 32.0 Å². The van der Waals surface area contributed by atoms with E-state index in [1.807, 2.05) is 20.8 Å². The van der Waals surface area contributed by atoms with Gasteiger partial charge in [-0.3, -0.25) is 4.79 Å². The van der Waals surface area contributed by atoms with Gasteiger partial charge in [0.15, 0.2) is 23.4 Å². The third-order valence-electron chi connectivity index (χ3n) is 3.99. The van der Waals surface area contributed by atoms with Crippen molar-refractivity contribution in [3.8, 4) is 5.75 Å². The molecule has 0 aliphatic rings. The maximum atomic E-state index is 13.8. The number of aromatic nitrogens is 2. The second kappa shape index (κ2) is 8.81. The van der Waals surface area contributed by atoms with Gasteiger partial charge in [0.1, 0.15) is 0 Å². The van der Waals surface area contributed by atoms with Crippen molar-refractivity contribution >= 4 is 11.9 Å². The summed E-state index contributed by atoms with van der Waals surface area (Å²) in [6.07, 6.45) is 0.863. The van der Waals surface area contributed by atoms with E-state index in [-0.39, 0.29) is 23.1 Å². The van der Waals surface area contributed by atoms with Gasteiger partial charge in [-0.05, 0) is 24.1 Å². The molecule has 8 nitrogen and oxygen atoms in total. The molecule has 1 aromatic heterocycles. The first kappa shape index (κ1) is 21.3. The van der Waals surface area contributed by atoms with Crippen molar-refractivity contribution in [1.29, 1.82) is 0 Å². The van der Waals surface area contributed by atoms with Gasteiger partial charge in [-0.25, -0.2) is 9.18 Å². The van der Waals surface area contributed by atoms with E-state index >= 15 is 0 Å². The largest absolute Gasteiger partial charge is 0.494 e. The maximum Gasteiger partial charge on any atom is 0.330 e. The van der Waals surface area contributed by atoms with Crippen LogP contribution >= 0.6 is 0 Å². The first-order chi connectivity index (χ1) is 13.1. The Morgan fingerprint density at radius 3 is 2.61 bits per heavy atom. The summed E-state index contributed by atoms with van der Waals surface area (Å²) in [5.74, 6) is -1.46. The average Bonchev–Trinajstić information content (AvgIpc) is 3.08. The highest BCUT2D eigenvalue weighted by atomic mass is 19.1. The van der Waals surface area contributed by atoms with Gasteiger partial charge >= 0.3 is 5.97 Å². The first-order valence-electron chi connectivity index (χ1n) is 8.80. The minimum Gasteiger partial charge on any atom is -0.494 e. The van der Waals surface area contributed by atoms with Crippen LogP contribution in [0.2, 0.25) is 0 Å². The topological polar surface area (TPSA) is 115 Å². The average molecular weight is 393 g/mol. The van der Waals surface area contributed by atoms with E-state index in [4.69, 9.17) is 9.26 Å². The molecule has 1 amide bonds. The number of ether oxygens (including phenoxy) is 1. The number of hydrogen-bond acceptors (Lipinski definition) is 6. The number of amides is 1. The van der Waals surface area contributed by atoms with E-state index in [2.05, 4.69) is 15.5 Å². The maximum absolute atomic E-state index is 13.8. The number of halogens is 1. The van der Waals surface area contributed by atoms with Crippen molar-refractivity contribution < 1.29 is 28.3 Å². The monoisotopic (exact) mass is 393 g/mol. The number of carboxylic acids is 1. The Bertz CT molecular complexity index is 844.